The molecule has 0 atom stereocenters. The van der Waals surface area contributed by atoms with Crippen LogP contribution in [-0.2, 0) is 0 Å². The number of hydrogen-bond acceptors (Lipinski definition) is 6. The highest BCUT2D eigenvalue weighted by molar-refractivity contribution is 6.10. The van der Waals surface area contributed by atoms with Crippen LogP contribution in [0, 0.1) is 22.7 Å². The maximum absolute atomic E-state index is 10.1. The lowest BCUT2D eigenvalue weighted by Gasteiger charge is -2.17. The van der Waals surface area contributed by atoms with Gasteiger partial charge in [-0.1, -0.05) is 140 Å². The first-order chi connectivity index (χ1) is 29.1. The van der Waals surface area contributed by atoms with Gasteiger partial charge >= 0.3 is 0 Å². The molecule has 7 heteroatoms. The number of fused-ring (bicyclic) bond motifs is 3. The molecule has 0 saturated carbocycles. The monoisotopic (exact) mass is 753 g/mol. The van der Waals surface area contributed by atoms with E-state index in [1.165, 1.54) is 0 Å². The summed E-state index contributed by atoms with van der Waals surface area (Å²) >= 11 is 0. The average molecular weight is 754 g/mol. The minimum atomic E-state index is 0.530. The van der Waals surface area contributed by atoms with E-state index in [2.05, 4.69) is 59.2 Å². The number of hydrogen-bond donors (Lipinski definition) is 0. The largest absolute Gasteiger partial charge is 0.308 e. The standard InChI is InChI=1S/C52H31N7/c53-32-34-21-24-41-42-25-22-35(33-54)28-50(42)59(49(41)27-34)48-26-23-40(46-30-44(36-13-5-1-6-14-36)55-51(57-46)38-17-9-3-10-18-38)29-43(48)47-31-45(37-15-7-2-8-16-37)56-52(58-47)39-19-11-4-12-20-39/h1-31H. The van der Waals surface area contributed by atoms with Crippen molar-refractivity contribution in [1.29, 1.82) is 10.5 Å². The van der Waals surface area contributed by atoms with E-state index in [1.807, 2.05) is 146 Å². The number of rotatable bonds is 7. The Morgan fingerprint density at radius 1 is 0.356 bits per heavy atom. The second-order valence-corrected chi connectivity index (χ2v) is 14.1. The average Bonchev–Trinajstić information content (AvgIpc) is 3.64. The SMILES string of the molecule is N#Cc1ccc2c3ccc(C#N)cc3n(-c3ccc(-c4cc(-c5ccccc5)nc(-c5ccccc5)n4)cc3-c3cc(-c4ccccc4)nc(-c4ccccc4)n3)c2c1. The molecule has 0 saturated heterocycles. The van der Waals surface area contributed by atoms with Gasteiger partial charge in [-0.2, -0.15) is 10.5 Å². The van der Waals surface area contributed by atoms with E-state index in [1.54, 1.807) is 0 Å². The summed E-state index contributed by atoms with van der Waals surface area (Å²) in [6.07, 6.45) is 0. The van der Waals surface area contributed by atoms with Gasteiger partial charge in [0.2, 0.25) is 0 Å². The van der Waals surface area contributed by atoms with Crippen LogP contribution in [0.25, 0.3) is 95.3 Å². The summed E-state index contributed by atoms with van der Waals surface area (Å²) in [6.45, 7) is 0. The number of aromatic nitrogens is 5. The molecule has 274 valence electrons. The van der Waals surface area contributed by atoms with Crippen molar-refractivity contribution in [2.24, 2.45) is 0 Å². The first kappa shape index (κ1) is 34.9. The van der Waals surface area contributed by atoms with Gasteiger partial charge in [0.05, 0.1) is 62.8 Å². The molecule has 59 heavy (non-hydrogen) atoms. The Kier molecular flexibility index (Phi) is 8.80. The fraction of sp³-hybridized carbons (Fsp3) is 0. The van der Waals surface area contributed by atoms with Crippen molar-refractivity contribution < 1.29 is 0 Å². The molecule has 7 nitrogen and oxygen atoms in total. The van der Waals surface area contributed by atoms with Crippen LogP contribution in [0.4, 0.5) is 0 Å². The summed E-state index contributed by atoms with van der Waals surface area (Å²) in [7, 11) is 0. The summed E-state index contributed by atoms with van der Waals surface area (Å²) in [6, 6.07) is 66.7. The Hall–Kier alpha value is -8.52. The van der Waals surface area contributed by atoms with Crippen molar-refractivity contribution >= 4 is 21.8 Å². The van der Waals surface area contributed by atoms with E-state index in [9.17, 15) is 10.5 Å². The van der Waals surface area contributed by atoms with Crippen molar-refractivity contribution in [2.75, 3.05) is 0 Å². The Bertz CT molecular complexity index is 3090. The highest BCUT2D eigenvalue weighted by Crippen LogP contribution is 2.40. The summed E-state index contributed by atoms with van der Waals surface area (Å²) in [4.78, 5) is 20.6. The van der Waals surface area contributed by atoms with Gasteiger partial charge in [0.1, 0.15) is 0 Å². The third kappa shape index (κ3) is 6.55. The van der Waals surface area contributed by atoms with Gasteiger partial charge in [0, 0.05) is 44.2 Å². The van der Waals surface area contributed by atoms with Crippen molar-refractivity contribution in [3.63, 3.8) is 0 Å². The van der Waals surface area contributed by atoms with E-state index >= 15 is 0 Å². The molecule has 0 amide bonds. The first-order valence-electron chi connectivity index (χ1n) is 19.2. The van der Waals surface area contributed by atoms with Gasteiger partial charge in [-0.05, 0) is 48.5 Å². The fourth-order valence-electron chi connectivity index (χ4n) is 7.64. The number of benzene rings is 7. The molecule has 0 radical (unpaired) electrons. The molecular formula is C52H31N7. The van der Waals surface area contributed by atoms with Gasteiger partial charge in [-0.25, -0.2) is 19.9 Å². The van der Waals surface area contributed by atoms with E-state index in [-0.39, 0.29) is 0 Å². The third-order valence-electron chi connectivity index (χ3n) is 10.5. The third-order valence-corrected chi connectivity index (χ3v) is 10.5. The molecule has 0 fully saturated rings. The Balaban J connectivity index is 1.30. The molecule has 10 aromatic rings. The van der Waals surface area contributed by atoms with Crippen LogP contribution < -0.4 is 0 Å². The summed E-state index contributed by atoms with van der Waals surface area (Å²) in [5.41, 5.74) is 12.0. The number of nitriles is 2. The van der Waals surface area contributed by atoms with Crippen molar-refractivity contribution in [1.82, 2.24) is 24.5 Å². The molecule has 0 aliphatic rings. The van der Waals surface area contributed by atoms with Crippen molar-refractivity contribution in [3.8, 4) is 85.6 Å². The molecule has 0 aliphatic heterocycles. The lowest BCUT2D eigenvalue weighted by atomic mass is 9.99. The molecule has 0 bridgehead atoms. The molecule has 0 aliphatic carbocycles. The van der Waals surface area contributed by atoms with Crippen LogP contribution in [0.5, 0.6) is 0 Å². The van der Waals surface area contributed by atoms with Gasteiger partial charge < -0.3 is 4.57 Å². The van der Waals surface area contributed by atoms with Gasteiger partial charge in [-0.15, -0.1) is 0 Å². The lowest BCUT2D eigenvalue weighted by molar-refractivity contribution is 1.15. The molecule has 3 aromatic heterocycles. The summed E-state index contributed by atoms with van der Waals surface area (Å²) in [5, 5.41) is 22.1. The summed E-state index contributed by atoms with van der Waals surface area (Å²) in [5.74, 6) is 1.20. The highest BCUT2D eigenvalue weighted by Gasteiger charge is 2.21. The Morgan fingerprint density at radius 2 is 0.763 bits per heavy atom. The van der Waals surface area contributed by atoms with Gasteiger partial charge in [0.25, 0.3) is 0 Å². The topological polar surface area (TPSA) is 104 Å². The molecule has 0 unspecified atom stereocenters. The predicted octanol–water partition coefficient (Wildman–Crippen LogP) is 12.1. The zero-order valence-corrected chi connectivity index (χ0v) is 31.5. The van der Waals surface area contributed by atoms with Crippen LogP contribution in [0.2, 0.25) is 0 Å². The maximum atomic E-state index is 10.1. The Morgan fingerprint density at radius 3 is 1.22 bits per heavy atom. The molecule has 3 heterocycles. The van der Waals surface area contributed by atoms with E-state index in [0.717, 1.165) is 78.0 Å². The zero-order valence-electron chi connectivity index (χ0n) is 31.5. The first-order valence-corrected chi connectivity index (χ1v) is 19.2. The fourth-order valence-corrected chi connectivity index (χ4v) is 7.64. The summed E-state index contributed by atoms with van der Waals surface area (Å²) < 4.78 is 2.14. The maximum Gasteiger partial charge on any atom is 0.160 e. The van der Waals surface area contributed by atoms with Gasteiger partial charge in [0.15, 0.2) is 11.6 Å². The van der Waals surface area contributed by atoms with Crippen LogP contribution >= 0.6 is 0 Å². The normalized spacial score (nSPS) is 11.0. The van der Waals surface area contributed by atoms with E-state index in [4.69, 9.17) is 19.9 Å². The van der Waals surface area contributed by atoms with Crippen LogP contribution in [0.1, 0.15) is 11.1 Å². The van der Waals surface area contributed by atoms with Crippen LogP contribution in [0.15, 0.2) is 188 Å². The molecule has 0 N–H and O–H groups in total. The van der Waals surface area contributed by atoms with E-state index in [0.29, 0.717) is 28.5 Å². The predicted molar refractivity (Wildman–Crippen MR) is 234 cm³/mol. The van der Waals surface area contributed by atoms with Crippen molar-refractivity contribution in [3.05, 3.63) is 199 Å². The minimum absolute atomic E-state index is 0.530. The smallest absolute Gasteiger partial charge is 0.160 e. The van der Waals surface area contributed by atoms with E-state index < -0.39 is 0 Å². The van der Waals surface area contributed by atoms with Crippen LogP contribution in [0.3, 0.4) is 0 Å². The molecule has 10 rings (SSSR count). The molecular weight excluding hydrogens is 723 g/mol. The highest BCUT2D eigenvalue weighted by atomic mass is 15.0. The Labute approximate surface area is 340 Å². The zero-order chi connectivity index (χ0) is 39.7. The lowest BCUT2D eigenvalue weighted by Crippen LogP contribution is -2.02. The van der Waals surface area contributed by atoms with Crippen molar-refractivity contribution in [2.45, 2.75) is 0 Å². The van der Waals surface area contributed by atoms with Gasteiger partial charge in [-0.3, -0.25) is 0 Å². The van der Waals surface area contributed by atoms with Crippen LogP contribution in [-0.4, -0.2) is 24.5 Å². The second-order valence-electron chi connectivity index (χ2n) is 14.1. The molecule has 7 aromatic carbocycles. The number of nitrogens with zero attached hydrogens (tertiary/aromatic N) is 7. The quantitative estimate of drug-likeness (QED) is 0.160. The molecule has 0 spiro atoms. The second kappa shape index (κ2) is 14.9. The minimum Gasteiger partial charge on any atom is -0.308 e.